The Morgan fingerprint density at radius 1 is 1.13 bits per heavy atom. The van der Waals surface area contributed by atoms with Crippen molar-refractivity contribution in [3.05, 3.63) is 28.8 Å². The Balaban J connectivity index is 2.44. The first-order valence-corrected chi connectivity index (χ1v) is 6.54. The van der Waals surface area contributed by atoms with Gasteiger partial charge in [-0.25, -0.2) is 4.98 Å². The van der Waals surface area contributed by atoms with E-state index in [1.54, 1.807) is 0 Å². The van der Waals surface area contributed by atoms with Crippen LogP contribution in [0.2, 0.25) is 0 Å². The van der Waals surface area contributed by atoms with E-state index in [2.05, 4.69) is 32.0 Å². The van der Waals surface area contributed by atoms with Crippen LogP contribution in [0.5, 0.6) is 0 Å². The summed E-state index contributed by atoms with van der Waals surface area (Å²) in [6.45, 7) is 4.43. The van der Waals surface area contributed by atoms with Crippen molar-refractivity contribution in [2.24, 2.45) is 0 Å². The number of rotatable bonds is 4. The highest BCUT2D eigenvalue weighted by Crippen LogP contribution is 2.26. The monoisotopic (exact) mass is 219 g/mol. The zero-order chi connectivity index (χ0) is 10.7. The highest BCUT2D eigenvalue weighted by molar-refractivity contribution is 7.18. The van der Waals surface area contributed by atoms with Crippen molar-refractivity contribution >= 4 is 21.6 Å². The first-order chi connectivity index (χ1) is 7.35. The van der Waals surface area contributed by atoms with Crippen molar-refractivity contribution in [3.63, 3.8) is 0 Å². The van der Waals surface area contributed by atoms with Crippen LogP contribution in [0.15, 0.2) is 18.2 Å². The van der Waals surface area contributed by atoms with E-state index in [0.717, 1.165) is 12.8 Å². The minimum atomic E-state index is 1.12. The molecule has 0 radical (unpaired) electrons. The Bertz CT molecular complexity index is 445. The van der Waals surface area contributed by atoms with Crippen LogP contribution in [0.3, 0.4) is 0 Å². The summed E-state index contributed by atoms with van der Waals surface area (Å²) in [5.41, 5.74) is 2.65. The van der Waals surface area contributed by atoms with E-state index in [9.17, 15) is 0 Å². The molecule has 0 fully saturated rings. The van der Waals surface area contributed by atoms with Crippen LogP contribution in [0.25, 0.3) is 10.2 Å². The molecule has 0 saturated carbocycles. The molecular weight excluding hydrogens is 202 g/mol. The smallest absolute Gasteiger partial charge is 0.0938 e. The van der Waals surface area contributed by atoms with Gasteiger partial charge >= 0.3 is 0 Å². The molecule has 15 heavy (non-hydrogen) atoms. The maximum Gasteiger partial charge on any atom is 0.0938 e. The summed E-state index contributed by atoms with van der Waals surface area (Å²) in [6, 6.07) is 6.55. The van der Waals surface area contributed by atoms with Gasteiger partial charge in [0.1, 0.15) is 0 Å². The number of hydrogen-bond acceptors (Lipinski definition) is 2. The Morgan fingerprint density at radius 2 is 1.93 bits per heavy atom. The number of aromatic nitrogens is 1. The third kappa shape index (κ3) is 2.20. The van der Waals surface area contributed by atoms with Gasteiger partial charge in [0.25, 0.3) is 0 Å². The second kappa shape index (κ2) is 4.75. The minimum Gasteiger partial charge on any atom is -0.241 e. The van der Waals surface area contributed by atoms with Gasteiger partial charge in [-0.1, -0.05) is 32.4 Å². The van der Waals surface area contributed by atoms with E-state index in [1.165, 1.54) is 33.6 Å². The molecule has 2 rings (SSSR count). The van der Waals surface area contributed by atoms with Gasteiger partial charge in [-0.05, 0) is 30.9 Å². The maximum absolute atomic E-state index is 4.74. The molecule has 1 aromatic carbocycles. The molecule has 2 aromatic rings. The molecule has 1 nitrogen and oxygen atoms in total. The lowest BCUT2D eigenvalue weighted by Crippen LogP contribution is -1.86. The SMILES string of the molecule is CCCc1nc2c(CCC)cccc2s1. The van der Waals surface area contributed by atoms with Crippen LogP contribution in [0.4, 0.5) is 0 Å². The summed E-state index contributed by atoms with van der Waals surface area (Å²) >= 11 is 1.85. The zero-order valence-electron chi connectivity index (χ0n) is 9.42. The van der Waals surface area contributed by atoms with Crippen LogP contribution in [0, 0.1) is 0 Å². The second-order valence-electron chi connectivity index (χ2n) is 3.87. The van der Waals surface area contributed by atoms with Crippen LogP contribution < -0.4 is 0 Å². The summed E-state index contributed by atoms with van der Waals surface area (Å²) in [6.07, 6.45) is 4.64. The molecule has 0 bridgehead atoms. The number of thiazole rings is 1. The van der Waals surface area contributed by atoms with Crippen molar-refractivity contribution in [1.29, 1.82) is 0 Å². The Kier molecular flexibility index (Phi) is 3.37. The summed E-state index contributed by atoms with van der Waals surface area (Å²) in [5, 5.41) is 1.29. The summed E-state index contributed by atoms with van der Waals surface area (Å²) in [5.74, 6) is 0. The fourth-order valence-electron chi connectivity index (χ4n) is 1.84. The Hall–Kier alpha value is -0.890. The molecule has 2 heteroatoms. The molecule has 0 aliphatic heterocycles. The summed E-state index contributed by atoms with van der Waals surface area (Å²) < 4.78 is 1.35. The molecule has 0 aliphatic rings. The average molecular weight is 219 g/mol. The minimum absolute atomic E-state index is 1.12. The third-order valence-electron chi connectivity index (χ3n) is 2.53. The lowest BCUT2D eigenvalue weighted by molar-refractivity contribution is 0.905. The molecule has 0 N–H and O–H groups in total. The van der Waals surface area contributed by atoms with Gasteiger partial charge in [0.05, 0.1) is 15.2 Å². The van der Waals surface area contributed by atoms with Crippen LogP contribution in [-0.4, -0.2) is 4.98 Å². The lowest BCUT2D eigenvalue weighted by Gasteiger charge is -1.98. The van der Waals surface area contributed by atoms with Gasteiger partial charge in [-0.3, -0.25) is 0 Å². The van der Waals surface area contributed by atoms with Crippen molar-refractivity contribution in [2.75, 3.05) is 0 Å². The topological polar surface area (TPSA) is 12.9 Å². The molecule has 1 aromatic heterocycles. The lowest BCUT2D eigenvalue weighted by atomic mass is 10.1. The van der Waals surface area contributed by atoms with E-state index in [0.29, 0.717) is 0 Å². The van der Waals surface area contributed by atoms with E-state index in [1.807, 2.05) is 11.3 Å². The summed E-state index contributed by atoms with van der Waals surface area (Å²) in [4.78, 5) is 4.74. The number of aryl methyl sites for hydroxylation is 2. The molecule has 1 heterocycles. The first-order valence-electron chi connectivity index (χ1n) is 5.72. The van der Waals surface area contributed by atoms with E-state index < -0.39 is 0 Å². The normalized spacial score (nSPS) is 11.1. The number of hydrogen-bond donors (Lipinski definition) is 0. The van der Waals surface area contributed by atoms with Crippen LogP contribution in [-0.2, 0) is 12.8 Å². The number of para-hydroxylation sites is 1. The average Bonchev–Trinajstić information content (AvgIpc) is 2.62. The zero-order valence-corrected chi connectivity index (χ0v) is 10.2. The molecule has 0 unspecified atom stereocenters. The van der Waals surface area contributed by atoms with E-state index in [4.69, 9.17) is 4.98 Å². The van der Waals surface area contributed by atoms with Gasteiger partial charge in [0.15, 0.2) is 0 Å². The Labute approximate surface area is 95.2 Å². The fourth-order valence-corrected chi connectivity index (χ4v) is 2.96. The van der Waals surface area contributed by atoms with Crippen molar-refractivity contribution in [2.45, 2.75) is 39.5 Å². The number of benzene rings is 1. The van der Waals surface area contributed by atoms with Gasteiger partial charge < -0.3 is 0 Å². The highest BCUT2D eigenvalue weighted by Gasteiger charge is 2.06. The highest BCUT2D eigenvalue weighted by atomic mass is 32.1. The second-order valence-corrected chi connectivity index (χ2v) is 4.99. The van der Waals surface area contributed by atoms with E-state index >= 15 is 0 Å². The molecule has 0 spiro atoms. The van der Waals surface area contributed by atoms with Gasteiger partial charge in [0.2, 0.25) is 0 Å². The molecule has 0 aliphatic carbocycles. The predicted octanol–water partition coefficient (Wildman–Crippen LogP) is 4.20. The van der Waals surface area contributed by atoms with Crippen LogP contribution >= 0.6 is 11.3 Å². The summed E-state index contributed by atoms with van der Waals surface area (Å²) in [7, 11) is 0. The molecule has 0 amide bonds. The van der Waals surface area contributed by atoms with Gasteiger partial charge in [-0.2, -0.15) is 0 Å². The van der Waals surface area contributed by atoms with Gasteiger partial charge in [-0.15, -0.1) is 11.3 Å². The van der Waals surface area contributed by atoms with Crippen molar-refractivity contribution < 1.29 is 0 Å². The maximum atomic E-state index is 4.74. The largest absolute Gasteiger partial charge is 0.241 e. The Morgan fingerprint density at radius 3 is 2.67 bits per heavy atom. The van der Waals surface area contributed by atoms with Crippen LogP contribution in [0.1, 0.15) is 37.3 Å². The van der Waals surface area contributed by atoms with Crippen molar-refractivity contribution in [3.8, 4) is 0 Å². The van der Waals surface area contributed by atoms with Crippen molar-refractivity contribution in [1.82, 2.24) is 4.98 Å². The number of nitrogens with zero attached hydrogens (tertiary/aromatic N) is 1. The molecule has 0 saturated heterocycles. The molecular formula is C13H17NS. The quantitative estimate of drug-likeness (QED) is 0.751. The third-order valence-corrected chi connectivity index (χ3v) is 3.61. The van der Waals surface area contributed by atoms with Gasteiger partial charge in [0, 0.05) is 0 Å². The van der Waals surface area contributed by atoms with E-state index in [-0.39, 0.29) is 0 Å². The fraction of sp³-hybridized carbons (Fsp3) is 0.462. The first kappa shape index (κ1) is 10.6. The number of fused-ring (bicyclic) bond motifs is 1. The standard InChI is InChI=1S/C13H17NS/c1-3-6-10-8-5-9-11-13(10)14-12(15-11)7-4-2/h5,8-9H,3-4,6-7H2,1-2H3. The predicted molar refractivity (Wildman–Crippen MR) is 67.6 cm³/mol. The molecule has 0 atom stereocenters. The molecule has 80 valence electrons.